The minimum atomic E-state index is -1.71. The quantitative estimate of drug-likeness (QED) is 0.186. The summed E-state index contributed by atoms with van der Waals surface area (Å²) in [6, 6.07) is 0. The predicted octanol–water partition coefficient (Wildman–Crippen LogP) is -4.37. The van der Waals surface area contributed by atoms with Crippen molar-refractivity contribution in [2.75, 3.05) is 26.9 Å². The minimum absolute atomic E-state index is 0.133. The van der Waals surface area contributed by atoms with E-state index in [0.717, 1.165) is 0 Å². The van der Waals surface area contributed by atoms with Crippen LogP contribution in [0.4, 0.5) is 0 Å². The van der Waals surface area contributed by atoms with Gasteiger partial charge in [0.2, 0.25) is 0 Å². The van der Waals surface area contributed by atoms with E-state index in [1.165, 1.54) is 0 Å². The highest BCUT2D eigenvalue weighted by Crippen LogP contribution is 2.29. The van der Waals surface area contributed by atoms with Crippen LogP contribution in [0.25, 0.3) is 0 Å². The van der Waals surface area contributed by atoms with Gasteiger partial charge in [-0.3, -0.25) is 0 Å². The molecule has 2 aliphatic heterocycles. The Hall–Kier alpha value is -0.480. The number of hydrogen-bond acceptors (Lipinski definition) is 12. The highest BCUT2D eigenvalue weighted by Gasteiger charge is 2.50. The minimum Gasteiger partial charge on any atom is -0.394 e. The van der Waals surface area contributed by atoms with Gasteiger partial charge in [-0.05, 0) is 20.9 Å². The summed E-state index contributed by atoms with van der Waals surface area (Å²) in [6.07, 6.45) is -14.6. The Balaban J connectivity index is 2.07. The standard InChI is InChI=1S/C17H33NO11/c1-17(2,18-3)6-26-15-13(25)11(23)14(8(5-20)28-15)29-16-12(24)10(22)9(21)7(4-19)27-16/h7-16,18-25H,4-6H2,1-3H3/t7?,8?,9-,10?,11?,12?,13?,14-,15-,16-/m1/s1. The largest absolute Gasteiger partial charge is 0.394 e. The molecule has 2 heterocycles. The molecular formula is C17H33NO11. The van der Waals surface area contributed by atoms with Crippen LogP contribution >= 0.6 is 0 Å². The Bertz CT molecular complexity index is 506. The molecule has 172 valence electrons. The van der Waals surface area contributed by atoms with Gasteiger partial charge in [0, 0.05) is 5.54 Å². The number of aliphatic hydroxyl groups excluding tert-OH is 7. The first-order valence-electron chi connectivity index (χ1n) is 9.45. The molecule has 0 radical (unpaired) electrons. The molecule has 12 nitrogen and oxygen atoms in total. The van der Waals surface area contributed by atoms with Crippen LogP contribution in [0.15, 0.2) is 0 Å². The first-order chi connectivity index (χ1) is 13.6. The molecule has 10 atom stereocenters. The van der Waals surface area contributed by atoms with E-state index < -0.39 is 80.2 Å². The topological polar surface area (TPSA) is 191 Å². The van der Waals surface area contributed by atoms with Gasteiger partial charge in [0.1, 0.15) is 48.8 Å². The van der Waals surface area contributed by atoms with Crippen molar-refractivity contribution in [3.63, 3.8) is 0 Å². The lowest BCUT2D eigenvalue weighted by atomic mass is 9.97. The third-order valence-electron chi connectivity index (χ3n) is 5.25. The molecule has 2 fully saturated rings. The lowest BCUT2D eigenvalue weighted by Crippen LogP contribution is -2.65. The van der Waals surface area contributed by atoms with Gasteiger partial charge in [-0.25, -0.2) is 0 Å². The maximum atomic E-state index is 10.5. The molecular weight excluding hydrogens is 394 g/mol. The lowest BCUT2D eigenvalue weighted by molar-refractivity contribution is -0.360. The average Bonchev–Trinajstić information content (AvgIpc) is 2.70. The Morgan fingerprint density at radius 3 is 1.90 bits per heavy atom. The van der Waals surface area contributed by atoms with E-state index in [1.54, 1.807) is 7.05 Å². The van der Waals surface area contributed by atoms with E-state index in [9.17, 15) is 35.7 Å². The zero-order valence-electron chi connectivity index (χ0n) is 16.7. The second-order valence-electron chi connectivity index (χ2n) is 7.95. The second kappa shape index (κ2) is 10.2. The van der Waals surface area contributed by atoms with E-state index in [2.05, 4.69) is 5.32 Å². The molecule has 0 aliphatic carbocycles. The molecule has 0 amide bonds. The lowest BCUT2D eigenvalue weighted by Gasteiger charge is -2.46. The van der Waals surface area contributed by atoms with E-state index in [1.807, 2.05) is 13.8 Å². The molecule has 2 saturated heterocycles. The fraction of sp³-hybridized carbons (Fsp3) is 1.00. The zero-order valence-corrected chi connectivity index (χ0v) is 16.7. The molecule has 2 aliphatic rings. The molecule has 0 bridgehead atoms. The van der Waals surface area contributed by atoms with Crippen molar-refractivity contribution in [1.29, 1.82) is 0 Å². The van der Waals surface area contributed by atoms with E-state index in [4.69, 9.17) is 18.9 Å². The first-order valence-corrected chi connectivity index (χ1v) is 9.45. The number of likely N-dealkylation sites (N-methyl/N-ethyl adjacent to an activating group) is 1. The van der Waals surface area contributed by atoms with Crippen molar-refractivity contribution in [3.8, 4) is 0 Å². The monoisotopic (exact) mass is 427 g/mol. The molecule has 0 aromatic heterocycles. The summed E-state index contributed by atoms with van der Waals surface area (Å²) in [5.74, 6) is 0. The van der Waals surface area contributed by atoms with Crippen LogP contribution in [-0.4, -0.2) is 130 Å². The Kier molecular flexibility index (Phi) is 8.73. The van der Waals surface area contributed by atoms with Gasteiger partial charge >= 0.3 is 0 Å². The molecule has 0 spiro atoms. The Labute approximate surface area is 168 Å². The normalized spacial score (nSPS) is 44.1. The van der Waals surface area contributed by atoms with E-state index in [-0.39, 0.29) is 6.61 Å². The van der Waals surface area contributed by atoms with Crippen LogP contribution < -0.4 is 5.32 Å². The summed E-state index contributed by atoms with van der Waals surface area (Å²) in [5.41, 5.74) is -0.438. The number of ether oxygens (including phenoxy) is 4. The van der Waals surface area contributed by atoms with Gasteiger partial charge in [0.15, 0.2) is 12.6 Å². The fourth-order valence-corrected chi connectivity index (χ4v) is 3.06. The molecule has 29 heavy (non-hydrogen) atoms. The van der Waals surface area contributed by atoms with Gasteiger partial charge in [-0.1, -0.05) is 0 Å². The summed E-state index contributed by atoms with van der Waals surface area (Å²) in [7, 11) is 1.73. The number of rotatable bonds is 8. The van der Waals surface area contributed by atoms with E-state index >= 15 is 0 Å². The van der Waals surface area contributed by atoms with Crippen molar-refractivity contribution in [2.24, 2.45) is 0 Å². The summed E-state index contributed by atoms with van der Waals surface area (Å²) in [4.78, 5) is 0. The molecule has 0 aromatic carbocycles. The number of nitrogens with one attached hydrogen (secondary N) is 1. The highest BCUT2D eigenvalue weighted by molar-refractivity contribution is 4.94. The summed E-state index contributed by atoms with van der Waals surface area (Å²) < 4.78 is 21.8. The second-order valence-corrected chi connectivity index (χ2v) is 7.95. The summed E-state index contributed by atoms with van der Waals surface area (Å²) >= 11 is 0. The fourth-order valence-electron chi connectivity index (χ4n) is 3.06. The molecule has 8 N–H and O–H groups in total. The molecule has 0 saturated carbocycles. The van der Waals surface area contributed by atoms with E-state index in [0.29, 0.717) is 0 Å². The maximum Gasteiger partial charge on any atom is 0.187 e. The van der Waals surface area contributed by atoms with Crippen molar-refractivity contribution >= 4 is 0 Å². The van der Waals surface area contributed by atoms with Crippen LogP contribution in [0.1, 0.15) is 13.8 Å². The smallest absolute Gasteiger partial charge is 0.187 e. The average molecular weight is 427 g/mol. The first kappa shape index (κ1) is 24.8. The van der Waals surface area contributed by atoms with Crippen LogP contribution in [0.5, 0.6) is 0 Å². The molecule has 12 heteroatoms. The Morgan fingerprint density at radius 1 is 0.793 bits per heavy atom. The van der Waals surface area contributed by atoms with Gasteiger partial charge in [-0.15, -0.1) is 0 Å². The zero-order chi connectivity index (χ0) is 21.9. The van der Waals surface area contributed by atoms with Gasteiger partial charge in [0.05, 0.1) is 19.8 Å². The number of aliphatic hydroxyl groups is 7. The summed E-state index contributed by atoms with van der Waals surface area (Å²) in [6.45, 7) is 2.58. The molecule has 2 rings (SSSR count). The van der Waals surface area contributed by atoms with Crippen LogP contribution in [0.3, 0.4) is 0 Å². The van der Waals surface area contributed by atoms with Crippen molar-refractivity contribution in [2.45, 2.75) is 80.8 Å². The molecule has 6 unspecified atom stereocenters. The van der Waals surface area contributed by atoms with Crippen molar-refractivity contribution in [3.05, 3.63) is 0 Å². The van der Waals surface area contributed by atoms with Crippen LogP contribution in [0.2, 0.25) is 0 Å². The van der Waals surface area contributed by atoms with Gasteiger partial charge < -0.3 is 60.0 Å². The van der Waals surface area contributed by atoms with Gasteiger partial charge in [-0.2, -0.15) is 0 Å². The van der Waals surface area contributed by atoms with Crippen molar-refractivity contribution < 1.29 is 54.7 Å². The van der Waals surface area contributed by atoms with Crippen LogP contribution in [0, 0.1) is 0 Å². The third kappa shape index (κ3) is 5.61. The Morgan fingerprint density at radius 2 is 1.34 bits per heavy atom. The van der Waals surface area contributed by atoms with Crippen LogP contribution in [-0.2, 0) is 18.9 Å². The number of hydrogen-bond donors (Lipinski definition) is 8. The van der Waals surface area contributed by atoms with Crippen molar-refractivity contribution in [1.82, 2.24) is 5.32 Å². The SMILES string of the molecule is CNC(C)(C)CO[C@@H]1OC(CO)[C@@H](O[C@H]2OC(CO)[C@@H](O)C(O)C2O)C(O)C1O. The maximum absolute atomic E-state index is 10.5. The predicted molar refractivity (Wildman–Crippen MR) is 95.5 cm³/mol. The molecule has 0 aromatic rings. The third-order valence-corrected chi connectivity index (χ3v) is 5.25. The highest BCUT2D eigenvalue weighted by atomic mass is 16.7. The summed E-state index contributed by atoms with van der Waals surface area (Å²) in [5, 5.41) is 72.5. The van der Waals surface area contributed by atoms with Gasteiger partial charge in [0.25, 0.3) is 0 Å².